The van der Waals surface area contributed by atoms with E-state index in [1.165, 1.54) is 4.90 Å². The summed E-state index contributed by atoms with van der Waals surface area (Å²) >= 11 is 0. The average molecular weight is 647 g/mol. The molecule has 1 saturated heterocycles. The van der Waals surface area contributed by atoms with Crippen LogP contribution in [0.5, 0.6) is 11.5 Å². The van der Waals surface area contributed by atoms with Crippen LogP contribution in [0.4, 0.5) is 10.5 Å². The number of esters is 1. The number of anilines is 1. The van der Waals surface area contributed by atoms with Crippen LogP contribution in [0.15, 0.2) is 72.8 Å². The fourth-order valence-corrected chi connectivity index (χ4v) is 5.96. The van der Waals surface area contributed by atoms with Crippen LogP contribution in [0, 0.1) is 0 Å². The van der Waals surface area contributed by atoms with Gasteiger partial charge in [0.1, 0.15) is 24.1 Å². The minimum Gasteiger partial charge on any atom is -0.497 e. The molecule has 2 amide bonds. The number of carbonyl (C=O) groups is 3. The smallest absolute Gasteiger partial charge is 0.410 e. The number of amides is 2. The molecule has 0 aliphatic carbocycles. The van der Waals surface area contributed by atoms with E-state index in [0.29, 0.717) is 36.8 Å². The van der Waals surface area contributed by atoms with Crippen LogP contribution in [0.25, 0.3) is 0 Å². The number of piperidine rings is 1. The van der Waals surface area contributed by atoms with Gasteiger partial charge in [0.05, 0.1) is 38.7 Å². The molecule has 0 bridgehead atoms. The van der Waals surface area contributed by atoms with Gasteiger partial charge in [-0.25, -0.2) is 9.59 Å². The maximum Gasteiger partial charge on any atom is 0.410 e. The molecule has 2 heterocycles. The Morgan fingerprint density at radius 2 is 1.72 bits per heavy atom. The van der Waals surface area contributed by atoms with Crippen molar-refractivity contribution in [2.45, 2.75) is 51.0 Å². The summed E-state index contributed by atoms with van der Waals surface area (Å²) in [6.07, 6.45) is -0.156. The number of rotatable bonds is 13. The van der Waals surface area contributed by atoms with Gasteiger partial charge in [0.15, 0.2) is 6.61 Å². The molecule has 0 N–H and O–H groups in total. The van der Waals surface area contributed by atoms with Gasteiger partial charge in [-0.2, -0.15) is 0 Å². The largest absolute Gasteiger partial charge is 0.497 e. The number of hydrogen-bond acceptors (Lipinski definition) is 9. The quantitative estimate of drug-likeness (QED) is 0.185. The highest BCUT2D eigenvalue weighted by atomic mass is 16.6. The second-order valence-corrected chi connectivity index (χ2v) is 11.4. The third-order valence-electron chi connectivity index (χ3n) is 8.38. The van der Waals surface area contributed by atoms with Crippen LogP contribution in [0.3, 0.4) is 0 Å². The van der Waals surface area contributed by atoms with Crippen molar-refractivity contribution in [1.29, 1.82) is 0 Å². The number of ether oxygens (including phenoxy) is 6. The minimum atomic E-state index is -0.863. The molecule has 250 valence electrons. The molecule has 11 nitrogen and oxygen atoms in total. The van der Waals surface area contributed by atoms with Crippen molar-refractivity contribution >= 4 is 23.7 Å². The maximum atomic E-state index is 13.5. The molecule has 0 saturated carbocycles. The van der Waals surface area contributed by atoms with Gasteiger partial charge in [-0.3, -0.25) is 9.69 Å². The van der Waals surface area contributed by atoms with Crippen molar-refractivity contribution in [3.05, 3.63) is 89.5 Å². The molecule has 0 unspecified atom stereocenters. The standard InChI is InChI=1S/C36H42N2O9/c1-4-44-35(40)31-20-29(27-12-14-28(43-3)15-13-27)33(21-38(31)36(41)47-22-25-9-6-5-7-10-25)45-23-26-11-16-32-30(19-26)37(17-8-18-42-2)34(39)24-46-32/h5-7,9-16,19,29,31,33H,4,8,17-18,20-24H2,1-3H3/t29-,31-,33+/m1/s1. The molecule has 2 aliphatic rings. The maximum absolute atomic E-state index is 13.5. The third-order valence-corrected chi connectivity index (χ3v) is 8.38. The molecule has 3 aromatic carbocycles. The number of benzene rings is 3. The van der Waals surface area contributed by atoms with E-state index in [9.17, 15) is 14.4 Å². The second-order valence-electron chi connectivity index (χ2n) is 11.4. The number of carbonyl (C=O) groups excluding carboxylic acids is 3. The van der Waals surface area contributed by atoms with E-state index in [2.05, 4.69) is 0 Å². The molecule has 0 aromatic heterocycles. The third kappa shape index (κ3) is 8.41. The van der Waals surface area contributed by atoms with E-state index in [1.54, 1.807) is 26.0 Å². The van der Waals surface area contributed by atoms with Gasteiger partial charge in [-0.15, -0.1) is 0 Å². The normalized spacial score (nSPS) is 19.0. The summed E-state index contributed by atoms with van der Waals surface area (Å²) < 4.78 is 33.9. The van der Waals surface area contributed by atoms with Crippen LogP contribution in [-0.4, -0.2) is 82.1 Å². The Morgan fingerprint density at radius 3 is 2.45 bits per heavy atom. The van der Waals surface area contributed by atoms with E-state index in [1.807, 2.05) is 72.8 Å². The molecule has 1 fully saturated rings. The van der Waals surface area contributed by atoms with Crippen molar-refractivity contribution in [2.24, 2.45) is 0 Å². The van der Waals surface area contributed by atoms with E-state index >= 15 is 0 Å². The Balaban J connectivity index is 1.39. The molecule has 47 heavy (non-hydrogen) atoms. The van der Waals surface area contributed by atoms with Crippen LogP contribution in [-0.2, 0) is 41.8 Å². The van der Waals surface area contributed by atoms with E-state index in [4.69, 9.17) is 28.4 Å². The highest BCUT2D eigenvalue weighted by Crippen LogP contribution is 2.37. The Labute approximate surface area is 275 Å². The van der Waals surface area contributed by atoms with Crippen molar-refractivity contribution in [2.75, 3.05) is 52.0 Å². The Hall–Kier alpha value is -4.61. The number of nitrogens with zero attached hydrogens (tertiary/aromatic N) is 2. The SMILES string of the molecule is CCOC(=O)[C@H]1C[C@H](c2ccc(OC)cc2)[C@@H](OCc2ccc3c(c2)N(CCCOC)C(=O)CO3)CN1C(=O)OCc1ccccc1. The average Bonchev–Trinajstić information content (AvgIpc) is 3.11. The van der Waals surface area contributed by atoms with Gasteiger partial charge in [-0.1, -0.05) is 48.5 Å². The van der Waals surface area contributed by atoms with Gasteiger partial charge >= 0.3 is 12.1 Å². The monoisotopic (exact) mass is 646 g/mol. The summed E-state index contributed by atoms with van der Waals surface area (Å²) in [5.41, 5.74) is 3.29. The summed E-state index contributed by atoms with van der Waals surface area (Å²) in [7, 11) is 3.24. The zero-order valence-electron chi connectivity index (χ0n) is 27.1. The zero-order valence-corrected chi connectivity index (χ0v) is 27.1. The number of fused-ring (bicyclic) bond motifs is 1. The lowest BCUT2D eigenvalue weighted by Gasteiger charge is -2.42. The van der Waals surface area contributed by atoms with Crippen molar-refractivity contribution in [1.82, 2.24) is 4.90 Å². The highest BCUT2D eigenvalue weighted by Gasteiger charge is 2.44. The molecule has 2 aliphatic heterocycles. The second kappa shape index (κ2) is 16.3. The predicted octanol–water partition coefficient (Wildman–Crippen LogP) is 5.10. The van der Waals surface area contributed by atoms with Crippen LogP contribution < -0.4 is 14.4 Å². The number of hydrogen-bond donors (Lipinski definition) is 0. The Bertz CT molecular complexity index is 1500. The predicted molar refractivity (Wildman–Crippen MR) is 173 cm³/mol. The molecule has 0 radical (unpaired) electrons. The first-order valence-corrected chi connectivity index (χ1v) is 15.9. The summed E-state index contributed by atoms with van der Waals surface area (Å²) in [6, 6.07) is 21.8. The van der Waals surface area contributed by atoms with E-state index < -0.39 is 24.2 Å². The first-order valence-electron chi connectivity index (χ1n) is 15.9. The van der Waals surface area contributed by atoms with E-state index in [0.717, 1.165) is 16.7 Å². The molecule has 0 spiro atoms. The first-order chi connectivity index (χ1) is 22.9. The number of likely N-dealkylation sites (tertiary alicyclic amines) is 1. The van der Waals surface area contributed by atoms with Gasteiger partial charge in [0.2, 0.25) is 0 Å². The fraction of sp³-hybridized carbons (Fsp3) is 0.417. The van der Waals surface area contributed by atoms with Crippen LogP contribution in [0.2, 0.25) is 0 Å². The van der Waals surface area contributed by atoms with Gasteiger partial charge < -0.3 is 33.3 Å². The zero-order chi connectivity index (χ0) is 33.2. The molecular weight excluding hydrogens is 604 g/mol. The van der Waals surface area contributed by atoms with Crippen molar-refractivity contribution in [3.8, 4) is 11.5 Å². The number of methoxy groups -OCH3 is 2. The van der Waals surface area contributed by atoms with Crippen molar-refractivity contribution in [3.63, 3.8) is 0 Å². The fourth-order valence-electron chi connectivity index (χ4n) is 5.96. The summed E-state index contributed by atoms with van der Waals surface area (Å²) in [5.74, 6) is 0.476. The van der Waals surface area contributed by atoms with Crippen LogP contribution >= 0.6 is 0 Å². The van der Waals surface area contributed by atoms with Crippen LogP contribution in [0.1, 0.15) is 42.4 Å². The lowest BCUT2D eigenvalue weighted by atomic mass is 9.83. The Kier molecular flexibility index (Phi) is 11.7. The molecular formula is C36H42N2O9. The minimum absolute atomic E-state index is 0.0146. The van der Waals surface area contributed by atoms with Crippen molar-refractivity contribution < 1.29 is 42.8 Å². The molecule has 11 heteroatoms. The first kappa shape index (κ1) is 33.7. The summed E-state index contributed by atoms with van der Waals surface area (Å²) in [6.45, 7) is 3.31. The lowest BCUT2D eigenvalue weighted by Crippen LogP contribution is -2.55. The summed E-state index contributed by atoms with van der Waals surface area (Å²) in [5, 5.41) is 0. The van der Waals surface area contributed by atoms with Gasteiger partial charge in [0.25, 0.3) is 5.91 Å². The highest BCUT2D eigenvalue weighted by molar-refractivity contribution is 5.97. The lowest BCUT2D eigenvalue weighted by molar-refractivity contribution is -0.153. The molecule has 3 atom stereocenters. The van der Waals surface area contributed by atoms with Gasteiger partial charge in [-0.05, 0) is 60.7 Å². The van der Waals surface area contributed by atoms with E-state index in [-0.39, 0.29) is 51.2 Å². The molecule has 5 rings (SSSR count). The van der Waals surface area contributed by atoms with Gasteiger partial charge in [0, 0.05) is 26.2 Å². The summed E-state index contributed by atoms with van der Waals surface area (Å²) in [4.78, 5) is 42.7. The topological polar surface area (TPSA) is 113 Å². The Morgan fingerprint density at radius 1 is 0.936 bits per heavy atom. The molecule has 3 aromatic rings.